The molecule has 1 fully saturated rings. The second kappa shape index (κ2) is 8.95. The van der Waals surface area contributed by atoms with Gasteiger partial charge in [0, 0.05) is 43.2 Å². The molecule has 1 amide bonds. The van der Waals surface area contributed by atoms with Crippen molar-refractivity contribution >= 4 is 17.3 Å². The summed E-state index contributed by atoms with van der Waals surface area (Å²) in [7, 11) is 0. The van der Waals surface area contributed by atoms with Crippen LogP contribution in [0.5, 0.6) is 0 Å². The molecular formula is C24H24N4O3. The molecule has 1 N–H and O–H groups in total. The molecule has 158 valence electrons. The van der Waals surface area contributed by atoms with Crippen molar-refractivity contribution in [2.75, 3.05) is 5.32 Å². The summed E-state index contributed by atoms with van der Waals surface area (Å²) in [6.45, 7) is 2.76. The molecule has 0 atom stereocenters. The number of nitrogens with one attached hydrogen (secondary N) is 1. The zero-order valence-electron chi connectivity index (χ0n) is 17.3. The van der Waals surface area contributed by atoms with Crippen LogP contribution < -0.4 is 5.32 Å². The quantitative estimate of drug-likeness (QED) is 0.424. The van der Waals surface area contributed by atoms with Crippen LogP contribution in [-0.4, -0.2) is 26.8 Å². The number of rotatable bonds is 8. The molecule has 31 heavy (non-hydrogen) atoms. The van der Waals surface area contributed by atoms with Crippen LogP contribution in [0.15, 0.2) is 67.0 Å². The van der Waals surface area contributed by atoms with Crippen LogP contribution in [0.4, 0.5) is 11.4 Å². The van der Waals surface area contributed by atoms with Crippen molar-refractivity contribution in [1.82, 2.24) is 9.88 Å². The number of hydrogen-bond acceptors (Lipinski definition) is 5. The SMILES string of the molecule is Cc1ccccc1CN(Cc1cccnc1)C(=O)c1ccc(NC2CC2)c([N+](=O)[O-])c1. The number of nitro benzene ring substituents is 1. The van der Waals surface area contributed by atoms with Crippen LogP contribution in [0.1, 0.15) is 39.9 Å². The predicted octanol–water partition coefficient (Wildman–Crippen LogP) is 4.72. The van der Waals surface area contributed by atoms with Gasteiger partial charge in [0.15, 0.2) is 0 Å². The molecule has 0 radical (unpaired) electrons. The van der Waals surface area contributed by atoms with Gasteiger partial charge in [-0.15, -0.1) is 0 Å². The Morgan fingerprint density at radius 1 is 1.16 bits per heavy atom. The third kappa shape index (κ3) is 5.06. The minimum Gasteiger partial charge on any atom is -0.377 e. The van der Waals surface area contributed by atoms with E-state index in [2.05, 4.69) is 10.3 Å². The normalized spacial score (nSPS) is 12.9. The summed E-state index contributed by atoms with van der Waals surface area (Å²) < 4.78 is 0. The number of pyridine rings is 1. The number of benzene rings is 2. The Labute approximate surface area is 180 Å². The molecule has 3 aromatic rings. The van der Waals surface area contributed by atoms with Crippen LogP contribution >= 0.6 is 0 Å². The second-order valence-electron chi connectivity index (χ2n) is 7.86. The van der Waals surface area contributed by atoms with Crippen molar-refractivity contribution in [3.63, 3.8) is 0 Å². The number of aromatic nitrogens is 1. The Morgan fingerprint density at radius 3 is 2.65 bits per heavy atom. The summed E-state index contributed by atoms with van der Waals surface area (Å²) in [5.41, 5.74) is 3.69. The average molecular weight is 416 g/mol. The Morgan fingerprint density at radius 2 is 1.97 bits per heavy atom. The Bertz CT molecular complexity index is 1100. The molecule has 1 aliphatic rings. The van der Waals surface area contributed by atoms with Crippen molar-refractivity contribution < 1.29 is 9.72 Å². The van der Waals surface area contributed by atoms with Crippen LogP contribution in [0.25, 0.3) is 0 Å². The van der Waals surface area contributed by atoms with Crippen LogP contribution in [0.2, 0.25) is 0 Å². The van der Waals surface area contributed by atoms with Crippen molar-refractivity contribution in [3.05, 3.63) is 99.4 Å². The van der Waals surface area contributed by atoms with Crippen molar-refractivity contribution in [2.45, 2.75) is 38.9 Å². The first-order chi connectivity index (χ1) is 15.0. The number of anilines is 1. The molecule has 0 bridgehead atoms. The third-order valence-corrected chi connectivity index (χ3v) is 5.38. The topological polar surface area (TPSA) is 88.4 Å². The lowest BCUT2D eigenvalue weighted by molar-refractivity contribution is -0.384. The van der Waals surface area contributed by atoms with E-state index >= 15 is 0 Å². The molecule has 0 aliphatic heterocycles. The predicted molar refractivity (Wildman–Crippen MR) is 119 cm³/mol. The summed E-state index contributed by atoms with van der Waals surface area (Å²) in [5, 5.41) is 14.8. The Kier molecular flexibility index (Phi) is 5.93. The van der Waals surface area contributed by atoms with Gasteiger partial charge in [0.05, 0.1) is 4.92 Å². The Balaban J connectivity index is 1.65. The van der Waals surface area contributed by atoms with Gasteiger partial charge in [-0.25, -0.2) is 0 Å². The lowest BCUT2D eigenvalue weighted by Gasteiger charge is -2.24. The minimum atomic E-state index is -0.436. The smallest absolute Gasteiger partial charge is 0.293 e. The summed E-state index contributed by atoms with van der Waals surface area (Å²) >= 11 is 0. The van der Waals surface area contributed by atoms with E-state index in [1.54, 1.807) is 29.4 Å². The fraction of sp³-hybridized carbons (Fsp3) is 0.250. The van der Waals surface area contributed by atoms with E-state index < -0.39 is 4.92 Å². The summed E-state index contributed by atoms with van der Waals surface area (Å²) in [4.78, 5) is 30.5. The lowest BCUT2D eigenvalue weighted by Crippen LogP contribution is -2.30. The van der Waals surface area contributed by atoms with Gasteiger partial charge in [0.25, 0.3) is 11.6 Å². The van der Waals surface area contributed by atoms with Crippen LogP contribution in [0, 0.1) is 17.0 Å². The standard InChI is InChI=1S/C24H24N4O3/c1-17-5-2-3-7-20(17)16-27(15-18-6-4-12-25-14-18)24(29)19-8-11-22(26-21-9-10-21)23(13-19)28(30)31/h2-8,11-14,21,26H,9-10,15-16H2,1H3. The largest absolute Gasteiger partial charge is 0.377 e. The maximum Gasteiger partial charge on any atom is 0.293 e. The first-order valence-electron chi connectivity index (χ1n) is 10.3. The number of amides is 1. The highest BCUT2D eigenvalue weighted by Crippen LogP contribution is 2.32. The molecular weight excluding hydrogens is 392 g/mol. The van der Waals surface area contributed by atoms with E-state index in [4.69, 9.17) is 0 Å². The maximum absolute atomic E-state index is 13.4. The molecule has 7 nitrogen and oxygen atoms in total. The molecule has 1 aliphatic carbocycles. The molecule has 0 unspecified atom stereocenters. The highest BCUT2D eigenvalue weighted by Gasteiger charge is 2.26. The van der Waals surface area contributed by atoms with Gasteiger partial charge in [0.1, 0.15) is 5.69 Å². The van der Waals surface area contributed by atoms with E-state index in [9.17, 15) is 14.9 Å². The van der Waals surface area contributed by atoms with Crippen molar-refractivity contribution in [2.24, 2.45) is 0 Å². The van der Waals surface area contributed by atoms with Gasteiger partial charge < -0.3 is 10.2 Å². The summed E-state index contributed by atoms with van der Waals surface area (Å²) in [6.07, 6.45) is 5.43. The van der Waals surface area contributed by atoms with Crippen LogP contribution in [0.3, 0.4) is 0 Å². The van der Waals surface area contributed by atoms with Gasteiger partial charge in [-0.3, -0.25) is 19.9 Å². The number of carbonyl (C=O) groups excluding carboxylic acids is 1. The van der Waals surface area contributed by atoms with Crippen molar-refractivity contribution in [1.29, 1.82) is 0 Å². The first-order valence-corrected chi connectivity index (χ1v) is 10.3. The second-order valence-corrected chi connectivity index (χ2v) is 7.86. The number of hydrogen-bond donors (Lipinski definition) is 1. The summed E-state index contributed by atoms with van der Waals surface area (Å²) in [6, 6.07) is 16.6. The van der Waals surface area contributed by atoms with E-state index in [-0.39, 0.29) is 17.6 Å². The van der Waals surface area contributed by atoms with Gasteiger partial charge in [-0.05, 0) is 54.7 Å². The number of nitrogens with zero attached hydrogens (tertiary/aromatic N) is 3. The third-order valence-electron chi connectivity index (χ3n) is 5.38. The van der Waals surface area contributed by atoms with Gasteiger partial charge in [-0.2, -0.15) is 0 Å². The first kappa shape index (κ1) is 20.5. The maximum atomic E-state index is 13.4. The minimum absolute atomic E-state index is 0.0741. The fourth-order valence-electron chi connectivity index (χ4n) is 3.47. The molecule has 2 aromatic carbocycles. The fourth-order valence-corrected chi connectivity index (χ4v) is 3.47. The van der Waals surface area contributed by atoms with E-state index in [0.29, 0.717) is 24.3 Å². The molecule has 1 heterocycles. The zero-order valence-corrected chi connectivity index (χ0v) is 17.3. The molecule has 0 saturated heterocycles. The lowest BCUT2D eigenvalue weighted by atomic mass is 10.1. The molecule has 1 saturated carbocycles. The summed E-state index contributed by atoms with van der Waals surface area (Å²) in [5.74, 6) is -0.256. The number of carbonyl (C=O) groups is 1. The van der Waals surface area contributed by atoms with E-state index in [1.165, 1.54) is 6.07 Å². The number of nitro groups is 1. The highest BCUT2D eigenvalue weighted by atomic mass is 16.6. The average Bonchev–Trinajstić information content (AvgIpc) is 3.59. The zero-order chi connectivity index (χ0) is 21.8. The van der Waals surface area contributed by atoms with Crippen molar-refractivity contribution in [3.8, 4) is 0 Å². The highest BCUT2D eigenvalue weighted by molar-refractivity contribution is 5.95. The van der Waals surface area contributed by atoms with Gasteiger partial charge >= 0.3 is 0 Å². The molecule has 0 spiro atoms. The number of aryl methyl sites for hydroxylation is 1. The van der Waals surface area contributed by atoms with Gasteiger partial charge in [0.2, 0.25) is 0 Å². The molecule has 4 rings (SSSR count). The Hall–Kier alpha value is -3.74. The van der Waals surface area contributed by atoms with E-state index in [0.717, 1.165) is 29.5 Å². The molecule has 1 aromatic heterocycles. The van der Waals surface area contributed by atoms with E-state index in [1.807, 2.05) is 43.3 Å². The van der Waals surface area contributed by atoms with Gasteiger partial charge in [-0.1, -0.05) is 30.3 Å². The monoisotopic (exact) mass is 416 g/mol. The van der Waals surface area contributed by atoms with Crippen LogP contribution in [-0.2, 0) is 13.1 Å². The molecule has 7 heteroatoms.